The SMILES string of the molecule is CCOC(=O)c1sc(NC(=O)C(CC)CC)cc1C. The van der Waals surface area contributed by atoms with Crippen molar-refractivity contribution in [3.63, 3.8) is 0 Å². The minimum atomic E-state index is -0.326. The first-order valence-corrected chi connectivity index (χ1v) is 7.43. The zero-order valence-electron chi connectivity index (χ0n) is 11.9. The fourth-order valence-electron chi connectivity index (χ4n) is 1.83. The number of nitrogens with one attached hydrogen (secondary N) is 1. The molecule has 0 aliphatic heterocycles. The third-order valence-electron chi connectivity index (χ3n) is 2.98. The molecule has 0 aliphatic rings. The van der Waals surface area contributed by atoms with Gasteiger partial charge in [0.15, 0.2) is 0 Å². The van der Waals surface area contributed by atoms with Crippen molar-refractivity contribution < 1.29 is 14.3 Å². The van der Waals surface area contributed by atoms with Crippen LogP contribution in [0, 0.1) is 12.8 Å². The summed E-state index contributed by atoms with van der Waals surface area (Å²) < 4.78 is 4.98. The predicted octanol–water partition coefficient (Wildman–Crippen LogP) is 3.61. The number of hydrogen-bond donors (Lipinski definition) is 1. The van der Waals surface area contributed by atoms with Crippen LogP contribution in [0.5, 0.6) is 0 Å². The molecule has 0 bridgehead atoms. The fraction of sp³-hybridized carbons (Fsp3) is 0.571. The van der Waals surface area contributed by atoms with Gasteiger partial charge in [-0.25, -0.2) is 4.79 Å². The van der Waals surface area contributed by atoms with Crippen LogP contribution in [-0.4, -0.2) is 18.5 Å². The molecule has 0 radical (unpaired) electrons. The Bertz CT molecular complexity index is 450. The lowest BCUT2D eigenvalue weighted by Crippen LogP contribution is -2.20. The molecule has 106 valence electrons. The molecule has 1 N–H and O–H groups in total. The summed E-state index contributed by atoms with van der Waals surface area (Å²) in [7, 11) is 0. The summed E-state index contributed by atoms with van der Waals surface area (Å²) in [6, 6.07) is 1.82. The summed E-state index contributed by atoms with van der Waals surface area (Å²) in [6.07, 6.45) is 1.63. The van der Waals surface area contributed by atoms with Crippen molar-refractivity contribution in [2.45, 2.75) is 40.5 Å². The molecule has 4 nitrogen and oxygen atoms in total. The van der Waals surface area contributed by atoms with E-state index in [2.05, 4.69) is 5.32 Å². The quantitative estimate of drug-likeness (QED) is 0.811. The monoisotopic (exact) mass is 283 g/mol. The third kappa shape index (κ3) is 4.06. The maximum absolute atomic E-state index is 12.0. The Morgan fingerprint density at radius 2 is 1.95 bits per heavy atom. The van der Waals surface area contributed by atoms with Crippen molar-refractivity contribution in [2.75, 3.05) is 11.9 Å². The Hall–Kier alpha value is -1.36. The molecule has 0 saturated carbocycles. The maximum Gasteiger partial charge on any atom is 0.348 e. The van der Waals surface area contributed by atoms with Gasteiger partial charge < -0.3 is 10.1 Å². The highest BCUT2D eigenvalue weighted by Gasteiger charge is 2.18. The van der Waals surface area contributed by atoms with Gasteiger partial charge in [0.25, 0.3) is 0 Å². The van der Waals surface area contributed by atoms with E-state index in [-0.39, 0.29) is 17.8 Å². The smallest absolute Gasteiger partial charge is 0.348 e. The van der Waals surface area contributed by atoms with Crippen molar-refractivity contribution in [1.82, 2.24) is 0 Å². The molecule has 0 unspecified atom stereocenters. The molecule has 0 fully saturated rings. The molecule has 1 rings (SSSR count). The first-order valence-electron chi connectivity index (χ1n) is 6.61. The van der Waals surface area contributed by atoms with Crippen LogP contribution in [0.3, 0.4) is 0 Å². The fourth-order valence-corrected chi connectivity index (χ4v) is 2.80. The number of anilines is 1. The summed E-state index contributed by atoms with van der Waals surface area (Å²) in [5, 5.41) is 3.58. The highest BCUT2D eigenvalue weighted by atomic mass is 32.1. The molecule has 19 heavy (non-hydrogen) atoms. The number of carbonyl (C=O) groups excluding carboxylic acids is 2. The largest absolute Gasteiger partial charge is 0.462 e. The topological polar surface area (TPSA) is 55.4 Å². The number of amides is 1. The standard InChI is InChI=1S/C14H21NO3S/c1-5-10(6-2)13(16)15-11-8-9(4)12(19-11)14(17)18-7-3/h8,10H,5-7H2,1-4H3,(H,15,16). The molecule has 5 heteroatoms. The lowest BCUT2D eigenvalue weighted by Gasteiger charge is -2.11. The van der Waals surface area contributed by atoms with E-state index in [1.165, 1.54) is 11.3 Å². The maximum atomic E-state index is 12.0. The number of carbonyl (C=O) groups is 2. The van der Waals surface area contributed by atoms with E-state index < -0.39 is 0 Å². The first kappa shape index (κ1) is 15.7. The van der Waals surface area contributed by atoms with Crippen LogP contribution in [0.25, 0.3) is 0 Å². The summed E-state index contributed by atoms with van der Waals surface area (Å²) in [4.78, 5) is 24.2. The van der Waals surface area contributed by atoms with Crippen LogP contribution in [0.15, 0.2) is 6.07 Å². The van der Waals surface area contributed by atoms with Gasteiger partial charge in [0, 0.05) is 5.92 Å². The van der Waals surface area contributed by atoms with Crippen molar-refractivity contribution in [2.24, 2.45) is 5.92 Å². The van der Waals surface area contributed by atoms with E-state index in [4.69, 9.17) is 4.74 Å². The Balaban J connectivity index is 2.78. The van der Waals surface area contributed by atoms with Crippen LogP contribution < -0.4 is 5.32 Å². The van der Waals surface area contributed by atoms with Gasteiger partial charge in [-0.2, -0.15) is 0 Å². The van der Waals surface area contributed by atoms with E-state index in [9.17, 15) is 9.59 Å². The van der Waals surface area contributed by atoms with E-state index in [0.29, 0.717) is 16.5 Å². The first-order chi connectivity index (χ1) is 9.03. The second-order valence-electron chi connectivity index (χ2n) is 4.35. The zero-order chi connectivity index (χ0) is 14.4. The van der Waals surface area contributed by atoms with E-state index >= 15 is 0 Å². The molecule has 1 heterocycles. The van der Waals surface area contributed by atoms with E-state index in [1.54, 1.807) is 6.92 Å². The molecule has 0 spiro atoms. The van der Waals surface area contributed by atoms with Crippen molar-refractivity contribution in [1.29, 1.82) is 0 Å². The highest BCUT2D eigenvalue weighted by molar-refractivity contribution is 7.18. The van der Waals surface area contributed by atoms with Crippen LogP contribution in [0.2, 0.25) is 0 Å². The van der Waals surface area contributed by atoms with E-state index in [1.807, 2.05) is 26.8 Å². The van der Waals surface area contributed by atoms with E-state index in [0.717, 1.165) is 18.4 Å². The molecule has 1 aromatic heterocycles. The highest BCUT2D eigenvalue weighted by Crippen LogP contribution is 2.28. The van der Waals surface area contributed by atoms with Gasteiger partial charge in [-0.1, -0.05) is 13.8 Å². The summed E-state index contributed by atoms with van der Waals surface area (Å²) in [5.74, 6) is -0.289. The number of hydrogen-bond acceptors (Lipinski definition) is 4. The third-order valence-corrected chi connectivity index (χ3v) is 4.11. The van der Waals surface area contributed by atoms with Crippen molar-refractivity contribution in [3.8, 4) is 0 Å². The Morgan fingerprint density at radius 1 is 1.32 bits per heavy atom. The molecule has 0 aliphatic carbocycles. The van der Waals surface area contributed by atoms with Crippen LogP contribution in [-0.2, 0) is 9.53 Å². The van der Waals surface area contributed by atoms with Crippen molar-refractivity contribution >= 4 is 28.2 Å². The molecule has 0 saturated heterocycles. The molecule has 1 amide bonds. The van der Waals surface area contributed by atoms with Crippen molar-refractivity contribution in [3.05, 3.63) is 16.5 Å². The van der Waals surface area contributed by atoms with Gasteiger partial charge >= 0.3 is 5.97 Å². The second kappa shape index (κ2) is 7.28. The van der Waals surface area contributed by atoms with Crippen LogP contribution >= 0.6 is 11.3 Å². The summed E-state index contributed by atoms with van der Waals surface area (Å²) >= 11 is 1.27. The Morgan fingerprint density at radius 3 is 2.47 bits per heavy atom. The predicted molar refractivity (Wildman–Crippen MR) is 77.7 cm³/mol. The normalized spacial score (nSPS) is 10.6. The lowest BCUT2D eigenvalue weighted by molar-refractivity contribution is -0.120. The van der Waals surface area contributed by atoms with Gasteiger partial charge in [-0.05, 0) is 38.3 Å². The van der Waals surface area contributed by atoms with Gasteiger partial charge in [0.2, 0.25) is 5.91 Å². The van der Waals surface area contributed by atoms with Gasteiger partial charge in [0.05, 0.1) is 11.6 Å². The van der Waals surface area contributed by atoms with Crippen LogP contribution in [0.4, 0.5) is 5.00 Å². The second-order valence-corrected chi connectivity index (χ2v) is 5.40. The van der Waals surface area contributed by atoms with Crippen LogP contribution in [0.1, 0.15) is 48.8 Å². The molecule has 1 aromatic rings. The molecular formula is C14H21NO3S. The van der Waals surface area contributed by atoms with Gasteiger partial charge in [-0.15, -0.1) is 11.3 Å². The number of thiophene rings is 1. The number of rotatable bonds is 6. The molecule has 0 aromatic carbocycles. The molecule has 0 atom stereocenters. The Labute approximate surface area is 118 Å². The summed E-state index contributed by atoms with van der Waals surface area (Å²) in [6.45, 7) is 7.96. The number of ether oxygens (including phenoxy) is 1. The Kier molecular flexibility index (Phi) is 6.02. The average Bonchev–Trinajstić information content (AvgIpc) is 2.72. The minimum Gasteiger partial charge on any atom is -0.462 e. The molecular weight excluding hydrogens is 262 g/mol. The minimum absolute atomic E-state index is 0.0154. The number of aryl methyl sites for hydroxylation is 1. The lowest BCUT2D eigenvalue weighted by atomic mass is 10.0. The average molecular weight is 283 g/mol. The van der Waals surface area contributed by atoms with Gasteiger partial charge in [0.1, 0.15) is 4.88 Å². The van der Waals surface area contributed by atoms with Gasteiger partial charge in [-0.3, -0.25) is 4.79 Å². The zero-order valence-corrected chi connectivity index (χ0v) is 12.7. The summed E-state index contributed by atoms with van der Waals surface area (Å²) in [5.41, 5.74) is 0.836. The number of esters is 1.